The number of likely N-dealkylation sites (tertiary alicyclic amines) is 1. The molecule has 2 unspecified atom stereocenters. The number of nitrogens with zero attached hydrogens (tertiary/aromatic N) is 1. The van der Waals surface area contributed by atoms with E-state index in [1.807, 2.05) is 77.7 Å². The fraction of sp³-hybridized carbons (Fsp3) is 0.269. The van der Waals surface area contributed by atoms with Gasteiger partial charge in [-0.05, 0) is 48.7 Å². The molecule has 32 heavy (non-hydrogen) atoms. The second-order valence-electron chi connectivity index (χ2n) is 7.71. The van der Waals surface area contributed by atoms with Crippen LogP contribution in [0, 0.1) is 0 Å². The van der Waals surface area contributed by atoms with Crippen LogP contribution in [0.2, 0.25) is 0 Å². The molecule has 2 atom stereocenters. The Morgan fingerprint density at radius 1 is 0.969 bits per heavy atom. The Hall–Kier alpha value is -3.51. The third-order valence-electron chi connectivity index (χ3n) is 5.79. The Morgan fingerprint density at radius 2 is 1.72 bits per heavy atom. The smallest absolute Gasteiger partial charge is 0.320 e. The number of hydrogen-bond acceptors (Lipinski definition) is 5. The highest BCUT2D eigenvalue weighted by molar-refractivity contribution is 5.74. The van der Waals surface area contributed by atoms with Crippen molar-refractivity contribution in [3.63, 3.8) is 0 Å². The quantitative estimate of drug-likeness (QED) is 0.531. The minimum atomic E-state index is -0.814. The molecule has 1 saturated heterocycles. The maximum atomic E-state index is 12.0. The number of hydrogen-bond donors (Lipinski definition) is 1. The molecule has 3 aromatic carbocycles. The minimum absolute atomic E-state index is 0.331. The Kier molecular flexibility index (Phi) is 6.61. The van der Waals surface area contributed by atoms with E-state index in [2.05, 4.69) is 0 Å². The lowest BCUT2D eigenvalue weighted by atomic mass is 9.94. The van der Waals surface area contributed by atoms with Crippen molar-refractivity contribution >= 4 is 5.97 Å². The number of rotatable bonds is 8. The zero-order valence-electron chi connectivity index (χ0n) is 18.2. The van der Waals surface area contributed by atoms with Crippen LogP contribution in [0.25, 0.3) is 0 Å². The van der Waals surface area contributed by atoms with E-state index in [4.69, 9.17) is 14.2 Å². The molecular formula is C26H27NO5. The molecule has 0 aromatic heterocycles. The molecule has 4 rings (SSSR count). The van der Waals surface area contributed by atoms with Crippen LogP contribution in [-0.4, -0.2) is 42.8 Å². The largest absolute Gasteiger partial charge is 0.493 e. The van der Waals surface area contributed by atoms with Gasteiger partial charge in [-0.25, -0.2) is 0 Å². The number of carboxylic acid groups (broad SMARTS) is 1. The zero-order valence-corrected chi connectivity index (χ0v) is 18.2. The third-order valence-corrected chi connectivity index (χ3v) is 5.79. The second kappa shape index (κ2) is 9.75. The van der Waals surface area contributed by atoms with E-state index >= 15 is 0 Å². The molecule has 0 saturated carbocycles. The summed E-state index contributed by atoms with van der Waals surface area (Å²) in [5, 5.41) is 9.88. The van der Waals surface area contributed by atoms with Crippen molar-refractivity contribution in [1.82, 2.24) is 4.90 Å². The van der Waals surface area contributed by atoms with E-state index < -0.39 is 12.0 Å². The lowest BCUT2D eigenvalue weighted by Gasteiger charge is -2.33. The van der Waals surface area contributed by atoms with Gasteiger partial charge in [0.2, 0.25) is 0 Å². The van der Waals surface area contributed by atoms with Crippen molar-refractivity contribution in [3.05, 3.63) is 83.9 Å². The van der Waals surface area contributed by atoms with Gasteiger partial charge in [0.25, 0.3) is 0 Å². The highest BCUT2D eigenvalue weighted by Gasteiger charge is 2.38. The van der Waals surface area contributed by atoms with Crippen molar-refractivity contribution in [3.8, 4) is 23.0 Å². The van der Waals surface area contributed by atoms with E-state index in [1.165, 1.54) is 0 Å². The fourth-order valence-electron chi connectivity index (χ4n) is 4.41. The predicted molar refractivity (Wildman–Crippen MR) is 122 cm³/mol. The van der Waals surface area contributed by atoms with Gasteiger partial charge in [-0.3, -0.25) is 9.69 Å². The molecule has 1 aliphatic rings. The number of carbonyl (C=O) groups is 1. The molecule has 1 N–H and O–H groups in total. The predicted octanol–water partition coefficient (Wildman–Crippen LogP) is 5.13. The average molecular weight is 434 g/mol. The van der Waals surface area contributed by atoms with E-state index in [0.29, 0.717) is 30.2 Å². The van der Waals surface area contributed by atoms with Crippen molar-refractivity contribution in [2.75, 3.05) is 20.8 Å². The summed E-state index contributed by atoms with van der Waals surface area (Å²) in [6.45, 7) is 0.672. The summed E-state index contributed by atoms with van der Waals surface area (Å²) in [7, 11) is 3.20. The minimum Gasteiger partial charge on any atom is -0.493 e. The summed E-state index contributed by atoms with van der Waals surface area (Å²) in [4.78, 5) is 14.1. The molecule has 3 aromatic rings. The maximum absolute atomic E-state index is 12.0. The number of carboxylic acids is 1. The van der Waals surface area contributed by atoms with Gasteiger partial charge in [0.1, 0.15) is 17.5 Å². The van der Waals surface area contributed by atoms with Crippen LogP contribution >= 0.6 is 0 Å². The van der Waals surface area contributed by atoms with Crippen molar-refractivity contribution in [2.45, 2.75) is 24.9 Å². The first-order valence-corrected chi connectivity index (χ1v) is 10.6. The highest BCUT2D eigenvalue weighted by atomic mass is 16.5. The average Bonchev–Trinajstić information content (AvgIpc) is 3.30. The van der Waals surface area contributed by atoms with Crippen molar-refractivity contribution < 1.29 is 24.1 Å². The van der Waals surface area contributed by atoms with E-state index in [1.54, 1.807) is 14.2 Å². The Bertz CT molecular complexity index is 1070. The second-order valence-corrected chi connectivity index (χ2v) is 7.71. The summed E-state index contributed by atoms with van der Waals surface area (Å²) in [6, 6.07) is 22.2. The van der Waals surface area contributed by atoms with Crippen molar-refractivity contribution in [2.24, 2.45) is 0 Å². The van der Waals surface area contributed by atoms with Gasteiger partial charge in [-0.2, -0.15) is 0 Å². The van der Waals surface area contributed by atoms with Crippen LogP contribution in [0.1, 0.15) is 30.0 Å². The first-order valence-electron chi connectivity index (χ1n) is 10.6. The van der Waals surface area contributed by atoms with Gasteiger partial charge in [0.05, 0.1) is 20.3 Å². The molecule has 1 aliphatic heterocycles. The van der Waals surface area contributed by atoms with Gasteiger partial charge in [0, 0.05) is 12.1 Å². The Balaban J connectivity index is 1.81. The molecule has 1 heterocycles. The molecule has 6 nitrogen and oxygen atoms in total. The van der Waals surface area contributed by atoms with Crippen LogP contribution in [0.15, 0.2) is 72.8 Å². The molecule has 0 amide bonds. The van der Waals surface area contributed by atoms with Crippen LogP contribution in [-0.2, 0) is 4.79 Å². The molecular weight excluding hydrogens is 406 g/mol. The summed E-state index contributed by atoms with van der Waals surface area (Å²) in [6.07, 6.45) is 1.43. The molecule has 0 bridgehead atoms. The summed E-state index contributed by atoms with van der Waals surface area (Å²) in [5.41, 5.74) is 1.79. The van der Waals surface area contributed by atoms with Gasteiger partial charge >= 0.3 is 5.97 Å². The highest BCUT2D eigenvalue weighted by Crippen LogP contribution is 2.43. The normalized spacial score (nSPS) is 17.0. The lowest BCUT2D eigenvalue weighted by molar-refractivity contribution is -0.142. The van der Waals surface area contributed by atoms with Gasteiger partial charge in [-0.1, -0.05) is 42.5 Å². The molecule has 0 spiro atoms. The zero-order chi connectivity index (χ0) is 22.5. The molecule has 0 radical (unpaired) electrons. The standard InChI is InChI=1S/C26H27NO5/c1-30-23-15-7-13-21(25(23)31-2)24(27-16-8-14-22(27)26(28)29)18-9-6-12-20(17-18)32-19-10-4-3-5-11-19/h3-7,9-13,15,17,22,24H,8,14,16H2,1-2H3,(H,28,29). The Morgan fingerprint density at radius 3 is 2.44 bits per heavy atom. The van der Waals surface area contributed by atoms with Gasteiger partial charge in [0.15, 0.2) is 11.5 Å². The molecule has 0 aliphatic carbocycles. The molecule has 1 fully saturated rings. The number of benzene rings is 3. The molecule has 166 valence electrons. The number of ether oxygens (including phenoxy) is 3. The summed E-state index contributed by atoms with van der Waals surface area (Å²) in [5.74, 6) is 1.82. The topological polar surface area (TPSA) is 68.2 Å². The fourth-order valence-corrected chi connectivity index (χ4v) is 4.41. The summed E-state index contributed by atoms with van der Waals surface area (Å²) < 4.78 is 17.3. The SMILES string of the molecule is COc1cccc(C(c2cccc(Oc3ccccc3)c2)N2CCCC2C(=O)O)c1OC. The van der Waals surface area contributed by atoms with E-state index in [-0.39, 0.29) is 6.04 Å². The van der Waals surface area contributed by atoms with Crippen LogP contribution < -0.4 is 14.2 Å². The lowest BCUT2D eigenvalue weighted by Crippen LogP contribution is -2.39. The monoisotopic (exact) mass is 433 g/mol. The first kappa shape index (κ1) is 21.7. The van der Waals surface area contributed by atoms with E-state index in [9.17, 15) is 9.90 Å². The maximum Gasteiger partial charge on any atom is 0.320 e. The number of aliphatic carboxylic acids is 1. The Labute approximate surface area is 188 Å². The molecule has 6 heteroatoms. The summed E-state index contributed by atoms with van der Waals surface area (Å²) >= 11 is 0. The first-order chi connectivity index (χ1) is 15.6. The van der Waals surface area contributed by atoms with Gasteiger partial charge < -0.3 is 19.3 Å². The number of methoxy groups -OCH3 is 2. The van der Waals surface area contributed by atoms with Crippen LogP contribution in [0.3, 0.4) is 0 Å². The van der Waals surface area contributed by atoms with Crippen LogP contribution in [0.5, 0.6) is 23.0 Å². The van der Waals surface area contributed by atoms with Crippen molar-refractivity contribution in [1.29, 1.82) is 0 Å². The van der Waals surface area contributed by atoms with Gasteiger partial charge in [-0.15, -0.1) is 0 Å². The third kappa shape index (κ3) is 4.41. The van der Waals surface area contributed by atoms with Crippen LogP contribution in [0.4, 0.5) is 0 Å². The van der Waals surface area contributed by atoms with E-state index in [0.717, 1.165) is 23.3 Å². The number of para-hydroxylation sites is 2.